The van der Waals surface area contributed by atoms with Crippen LogP contribution in [0.5, 0.6) is 0 Å². The number of benzene rings is 3. The zero-order valence-corrected chi connectivity index (χ0v) is 25.4. The standard InChI is InChI=1S/C32H38ClN3O4S/c1-4-30(32(38)34-27-13-7-8-14-27)35(21-25-11-6-5-10-24(25)3)31(37)22-36(28-15-9-12-26(33)20-28)41(39,40)29-18-16-23(2)17-19-29/h5-6,9-12,15-20,27,30H,4,7-8,13-14,21-22H2,1-3H3,(H,34,38)/t30-/m0/s1. The molecular formula is C32H38ClN3O4S. The summed E-state index contributed by atoms with van der Waals surface area (Å²) in [5.74, 6) is -0.686. The molecule has 0 bridgehead atoms. The third kappa shape index (κ3) is 7.49. The summed E-state index contributed by atoms with van der Waals surface area (Å²) < 4.78 is 29.0. The Morgan fingerprint density at radius 1 is 0.976 bits per heavy atom. The maximum Gasteiger partial charge on any atom is 0.264 e. The Hall–Kier alpha value is -3.36. The Balaban J connectivity index is 1.72. The number of aryl methyl sites for hydroxylation is 2. The van der Waals surface area contributed by atoms with E-state index in [2.05, 4.69) is 5.32 Å². The molecule has 1 aliphatic carbocycles. The Bertz CT molecular complexity index is 1470. The summed E-state index contributed by atoms with van der Waals surface area (Å²) in [6.45, 7) is 5.39. The highest BCUT2D eigenvalue weighted by Crippen LogP contribution is 2.27. The number of carbonyl (C=O) groups is 2. The van der Waals surface area contributed by atoms with Crippen molar-refractivity contribution in [2.75, 3.05) is 10.8 Å². The van der Waals surface area contributed by atoms with Crippen molar-refractivity contribution in [3.8, 4) is 0 Å². The molecule has 1 fully saturated rings. The van der Waals surface area contributed by atoms with Crippen LogP contribution in [0.2, 0.25) is 5.02 Å². The molecule has 1 saturated carbocycles. The molecule has 1 aliphatic rings. The summed E-state index contributed by atoms with van der Waals surface area (Å²) in [6.07, 6.45) is 4.37. The number of hydrogen-bond acceptors (Lipinski definition) is 4. The second kappa shape index (κ2) is 13.5. The first-order valence-corrected chi connectivity index (χ1v) is 15.9. The third-order valence-electron chi connectivity index (χ3n) is 7.67. The molecule has 0 spiro atoms. The topological polar surface area (TPSA) is 86.8 Å². The molecule has 0 aromatic heterocycles. The van der Waals surface area contributed by atoms with Gasteiger partial charge in [-0.1, -0.05) is 79.4 Å². The molecule has 218 valence electrons. The van der Waals surface area contributed by atoms with Crippen molar-refractivity contribution >= 4 is 39.1 Å². The monoisotopic (exact) mass is 595 g/mol. The second-order valence-corrected chi connectivity index (χ2v) is 13.0. The predicted molar refractivity (Wildman–Crippen MR) is 163 cm³/mol. The van der Waals surface area contributed by atoms with Crippen LogP contribution in [0.25, 0.3) is 0 Å². The Labute approximate surface area is 248 Å². The van der Waals surface area contributed by atoms with Crippen LogP contribution in [-0.4, -0.2) is 43.8 Å². The number of nitrogens with one attached hydrogen (secondary N) is 1. The van der Waals surface area contributed by atoms with E-state index in [1.165, 1.54) is 23.1 Å². The van der Waals surface area contributed by atoms with Crippen molar-refractivity contribution in [3.63, 3.8) is 0 Å². The molecule has 0 heterocycles. The van der Waals surface area contributed by atoms with Gasteiger partial charge in [-0.25, -0.2) is 8.42 Å². The highest BCUT2D eigenvalue weighted by molar-refractivity contribution is 7.92. The minimum absolute atomic E-state index is 0.0624. The average molecular weight is 596 g/mol. The molecule has 0 radical (unpaired) electrons. The molecule has 2 amide bonds. The number of hydrogen-bond donors (Lipinski definition) is 1. The van der Waals surface area contributed by atoms with Crippen molar-refractivity contribution in [3.05, 3.63) is 94.5 Å². The van der Waals surface area contributed by atoms with Crippen molar-refractivity contribution in [2.45, 2.75) is 76.4 Å². The summed E-state index contributed by atoms with van der Waals surface area (Å²) in [5.41, 5.74) is 3.06. The Kier molecular flexibility index (Phi) is 10.1. The van der Waals surface area contributed by atoms with Gasteiger partial charge in [0.2, 0.25) is 11.8 Å². The number of amides is 2. The molecule has 1 N–H and O–H groups in total. The van der Waals surface area contributed by atoms with Crippen molar-refractivity contribution in [1.82, 2.24) is 10.2 Å². The highest BCUT2D eigenvalue weighted by atomic mass is 35.5. The first kappa shape index (κ1) is 30.6. The first-order valence-electron chi connectivity index (χ1n) is 14.1. The Morgan fingerprint density at radius 2 is 1.66 bits per heavy atom. The lowest BCUT2D eigenvalue weighted by atomic mass is 10.1. The minimum Gasteiger partial charge on any atom is -0.352 e. The van der Waals surface area contributed by atoms with Crippen LogP contribution in [0, 0.1) is 13.8 Å². The molecular weight excluding hydrogens is 558 g/mol. The fraction of sp³-hybridized carbons (Fsp3) is 0.375. The number of rotatable bonds is 11. The van der Waals surface area contributed by atoms with Gasteiger partial charge >= 0.3 is 0 Å². The van der Waals surface area contributed by atoms with Gasteiger partial charge in [0.1, 0.15) is 12.6 Å². The number of halogens is 1. The van der Waals surface area contributed by atoms with E-state index in [0.717, 1.165) is 46.7 Å². The van der Waals surface area contributed by atoms with E-state index in [-0.39, 0.29) is 29.1 Å². The quantitative estimate of drug-likeness (QED) is 0.294. The predicted octanol–water partition coefficient (Wildman–Crippen LogP) is 6.02. The van der Waals surface area contributed by atoms with Gasteiger partial charge in [-0.2, -0.15) is 0 Å². The van der Waals surface area contributed by atoms with E-state index in [9.17, 15) is 18.0 Å². The van der Waals surface area contributed by atoms with Crippen LogP contribution >= 0.6 is 11.6 Å². The molecule has 3 aromatic carbocycles. The van der Waals surface area contributed by atoms with Gasteiger partial charge in [-0.15, -0.1) is 0 Å². The molecule has 0 saturated heterocycles. The zero-order valence-electron chi connectivity index (χ0n) is 23.8. The normalized spacial score (nSPS) is 14.4. The highest BCUT2D eigenvalue weighted by Gasteiger charge is 2.34. The van der Waals surface area contributed by atoms with Gasteiger partial charge in [0.25, 0.3) is 10.0 Å². The molecule has 4 rings (SSSR count). The summed E-state index contributed by atoms with van der Waals surface area (Å²) in [6, 6.07) is 20.0. The smallest absolute Gasteiger partial charge is 0.264 e. The summed E-state index contributed by atoms with van der Waals surface area (Å²) >= 11 is 6.26. The van der Waals surface area contributed by atoms with Gasteiger partial charge in [-0.3, -0.25) is 13.9 Å². The maximum absolute atomic E-state index is 14.2. The first-order chi connectivity index (χ1) is 19.6. The van der Waals surface area contributed by atoms with Crippen molar-refractivity contribution in [2.24, 2.45) is 0 Å². The number of nitrogens with zero attached hydrogens (tertiary/aromatic N) is 2. The van der Waals surface area contributed by atoms with Crippen LogP contribution in [0.1, 0.15) is 55.7 Å². The summed E-state index contributed by atoms with van der Waals surface area (Å²) in [5, 5.41) is 3.48. The molecule has 1 atom stereocenters. The minimum atomic E-state index is -4.14. The van der Waals surface area contributed by atoms with Crippen LogP contribution in [0.4, 0.5) is 5.69 Å². The van der Waals surface area contributed by atoms with Gasteiger partial charge in [-0.05, 0) is 74.6 Å². The SMILES string of the molecule is CC[C@@H](C(=O)NC1CCCC1)N(Cc1ccccc1C)C(=O)CN(c1cccc(Cl)c1)S(=O)(=O)c1ccc(C)cc1. The lowest BCUT2D eigenvalue weighted by Crippen LogP contribution is -2.53. The second-order valence-electron chi connectivity index (χ2n) is 10.7. The van der Waals surface area contributed by atoms with E-state index in [4.69, 9.17) is 11.6 Å². The molecule has 9 heteroatoms. The largest absolute Gasteiger partial charge is 0.352 e. The van der Waals surface area contributed by atoms with Gasteiger partial charge in [0.05, 0.1) is 10.6 Å². The van der Waals surface area contributed by atoms with Crippen LogP contribution in [0.15, 0.2) is 77.7 Å². The van der Waals surface area contributed by atoms with Crippen LogP contribution < -0.4 is 9.62 Å². The van der Waals surface area contributed by atoms with E-state index in [0.29, 0.717) is 11.4 Å². The average Bonchev–Trinajstić information content (AvgIpc) is 3.45. The number of anilines is 1. The van der Waals surface area contributed by atoms with Gasteiger partial charge in [0.15, 0.2) is 0 Å². The third-order valence-corrected chi connectivity index (χ3v) is 9.70. The maximum atomic E-state index is 14.2. The Morgan fingerprint density at radius 3 is 2.29 bits per heavy atom. The molecule has 3 aromatic rings. The fourth-order valence-corrected chi connectivity index (χ4v) is 6.85. The van der Waals surface area contributed by atoms with E-state index >= 15 is 0 Å². The number of sulfonamides is 1. The van der Waals surface area contributed by atoms with Crippen molar-refractivity contribution < 1.29 is 18.0 Å². The molecule has 0 aliphatic heterocycles. The van der Waals surface area contributed by atoms with E-state index in [1.807, 2.05) is 45.0 Å². The van der Waals surface area contributed by atoms with Gasteiger partial charge in [0, 0.05) is 17.6 Å². The van der Waals surface area contributed by atoms with E-state index < -0.39 is 28.5 Å². The lowest BCUT2D eigenvalue weighted by molar-refractivity contribution is -0.140. The van der Waals surface area contributed by atoms with E-state index in [1.54, 1.807) is 30.3 Å². The molecule has 0 unspecified atom stereocenters. The zero-order chi connectivity index (χ0) is 29.6. The summed E-state index contributed by atoms with van der Waals surface area (Å²) in [4.78, 5) is 29.3. The number of carbonyl (C=O) groups excluding carboxylic acids is 2. The van der Waals surface area contributed by atoms with Crippen LogP contribution in [-0.2, 0) is 26.2 Å². The summed E-state index contributed by atoms with van der Waals surface area (Å²) in [7, 11) is -4.14. The van der Waals surface area contributed by atoms with Crippen LogP contribution in [0.3, 0.4) is 0 Å². The molecule has 41 heavy (non-hydrogen) atoms. The van der Waals surface area contributed by atoms with Gasteiger partial charge < -0.3 is 10.2 Å². The molecule has 7 nitrogen and oxygen atoms in total. The lowest BCUT2D eigenvalue weighted by Gasteiger charge is -2.34. The van der Waals surface area contributed by atoms with Crippen molar-refractivity contribution in [1.29, 1.82) is 0 Å². The fourth-order valence-electron chi connectivity index (χ4n) is 5.26.